The zero-order valence-corrected chi connectivity index (χ0v) is 5.94. The Morgan fingerprint density at radius 2 is 2.43 bits per heavy atom. The fourth-order valence-corrected chi connectivity index (χ4v) is 0.440. The summed E-state index contributed by atoms with van der Waals surface area (Å²) in [5.41, 5.74) is 4.73. The molecule has 0 aliphatic rings. The van der Waals surface area contributed by atoms with E-state index in [2.05, 4.69) is 27.9 Å². The van der Waals surface area contributed by atoms with E-state index in [-0.39, 0.29) is 0 Å². The van der Waals surface area contributed by atoms with Crippen LogP contribution in [-0.4, -0.2) is 17.0 Å². The molecule has 0 aliphatic carbocycles. The van der Waals surface area contributed by atoms with Crippen LogP contribution < -0.4 is 11.1 Å². The molecule has 0 heterocycles. The van der Waals surface area contributed by atoms with Crippen LogP contribution in [0.15, 0.2) is 0 Å². The number of hydrogen-bond donors (Lipinski definition) is 2. The lowest BCUT2D eigenvalue weighted by atomic mass is 10.7. The van der Waals surface area contributed by atoms with Gasteiger partial charge in [-0.1, -0.05) is 22.6 Å². The largest absolute Gasteiger partial charge is 0.352 e. The minimum atomic E-state index is -0.448. The molecular formula is C3H7IN2O. The van der Waals surface area contributed by atoms with Gasteiger partial charge in [-0.05, 0) is 0 Å². The summed E-state index contributed by atoms with van der Waals surface area (Å²) in [4.78, 5) is 9.87. The van der Waals surface area contributed by atoms with Crippen molar-refractivity contribution in [2.24, 2.45) is 5.73 Å². The van der Waals surface area contributed by atoms with Crippen molar-refractivity contribution in [3.05, 3.63) is 0 Å². The highest BCUT2D eigenvalue weighted by Crippen LogP contribution is 1.73. The first-order valence-corrected chi connectivity index (χ1v) is 3.39. The van der Waals surface area contributed by atoms with Gasteiger partial charge in [0, 0.05) is 11.0 Å². The van der Waals surface area contributed by atoms with Crippen molar-refractivity contribution in [3.8, 4) is 0 Å². The lowest BCUT2D eigenvalue weighted by Crippen LogP contribution is -2.30. The van der Waals surface area contributed by atoms with Crippen LogP contribution in [0.2, 0.25) is 0 Å². The van der Waals surface area contributed by atoms with Crippen molar-refractivity contribution in [1.29, 1.82) is 0 Å². The molecule has 0 aromatic carbocycles. The Morgan fingerprint density at radius 3 is 2.57 bits per heavy atom. The lowest BCUT2D eigenvalue weighted by Gasteiger charge is -1.92. The predicted molar refractivity (Wildman–Crippen MR) is 36.5 cm³/mol. The van der Waals surface area contributed by atoms with Crippen molar-refractivity contribution in [3.63, 3.8) is 0 Å². The second-order valence-corrected chi connectivity index (χ2v) is 2.06. The van der Waals surface area contributed by atoms with Crippen molar-refractivity contribution < 1.29 is 4.79 Å². The first kappa shape index (κ1) is 7.00. The molecule has 4 heteroatoms. The Bertz CT molecular complexity index is 66.0. The van der Waals surface area contributed by atoms with Crippen LogP contribution in [0.1, 0.15) is 0 Å². The summed E-state index contributed by atoms with van der Waals surface area (Å²) in [6.07, 6.45) is 0. The van der Waals surface area contributed by atoms with E-state index in [0.29, 0.717) is 6.54 Å². The van der Waals surface area contributed by atoms with Gasteiger partial charge in [0.25, 0.3) is 0 Å². The molecule has 0 fully saturated rings. The van der Waals surface area contributed by atoms with Crippen LogP contribution >= 0.6 is 22.6 Å². The van der Waals surface area contributed by atoms with E-state index in [1.54, 1.807) is 0 Å². The van der Waals surface area contributed by atoms with E-state index in [1.165, 1.54) is 0 Å². The summed E-state index contributed by atoms with van der Waals surface area (Å²) in [5.74, 6) is 0. The maximum Gasteiger partial charge on any atom is 0.312 e. The second-order valence-electron chi connectivity index (χ2n) is 0.980. The highest BCUT2D eigenvalue weighted by atomic mass is 127. The number of carbonyl (C=O) groups is 1. The van der Waals surface area contributed by atoms with Gasteiger partial charge in [-0.15, -0.1) is 0 Å². The number of nitrogens with one attached hydrogen (secondary N) is 1. The van der Waals surface area contributed by atoms with Gasteiger partial charge >= 0.3 is 6.03 Å². The summed E-state index contributed by atoms with van der Waals surface area (Å²) in [5, 5.41) is 2.43. The van der Waals surface area contributed by atoms with Crippen LogP contribution in [0.25, 0.3) is 0 Å². The van der Waals surface area contributed by atoms with E-state index in [1.807, 2.05) is 0 Å². The lowest BCUT2D eigenvalue weighted by molar-refractivity contribution is 0.249. The molecule has 42 valence electrons. The first-order chi connectivity index (χ1) is 3.27. The Labute approximate surface area is 55.8 Å². The minimum absolute atomic E-state index is 0.448. The number of primary amides is 1. The van der Waals surface area contributed by atoms with Crippen LogP contribution in [0, 0.1) is 0 Å². The average Bonchev–Trinajstić information content (AvgIpc) is 1.61. The Morgan fingerprint density at radius 1 is 1.86 bits per heavy atom. The SMILES string of the molecule is NC(=O)NCCI. The molecule has 0 atom stereocenters. The molecule has 0 aliphatic heterocycles. The molecule has 0 aromatic rings. The van der Waals surface area contributed by atoms with Crippen LogP contribution in [0.4, 0.5) is 4.79 Å². The van der Waals surface area contributed by atoms with Gasteiger partial charge in [0.1, 0.15) is 0 Å². The quantitative estimate of drug-likeness (QED) is 0.496. The second kappa shape index (κ2) is 4.17. The smallest absolute Gasteiger partial charge is 0.312 e. The van der Waals surface area contributed by atoms with Gasteiger partial charge in [-0.2, -0.15) is 0 Å². The van der Waals surface area contributed by atoms with Crippen LogP contribution in [0.5, 0.6) is 0 Å². The minimum Gasteiger partial charge on any atom is -0.352 e. The zero-order chi connectivity index (χ0) is 5.70. The average molecular weight is 214 g/mol. The van der Waals surface area contributed by atoms with Gasteiger partial charge in [-0.25, -0.2) is 4.79 Å². The van der Waals surface area contributed by atoms with Crippen LogP contribution in [-0.2, 0) is 0 Å². The van der Waals surface area contributed by atoms with E-state index in [4.69, 9.17) is 5.73 Å². The van der Waals surface area contributed by atoms with E-state index < -0.39 is 6.03 Å². The molecular weight excluding hydrogens is 207 g/mol. The Balaban J connectivity index is 2.82. The molecule has 0 unspecified atom stereocenters. The standard InChI is InChI=1S/C3H7IN2O/c4-1-2-6-3(5)7/h1-2H2,(H3,5,6,7). The number of halogens is 1. The van der Waals surface area contributed by atoms with Crippen LogP contribution in [0.3, 0.4) is 0 Å². The highest BCUT2D eigenvalue weighted by molar-refractivity contribution is 14.1. The normalized spacial score (nSPS) is 8.14. The number of nitrogens with two attached hydrogens (primary N) is 1. The predicted octanol–water partition coefficient (Wildman–Crippen LogP) is 0.0897. The van der Waals surface area contributed by atoms with Gasteiger partial charge in [0.2, 0.25) is 0 Å². The summed E-state index contributed by atoms with van der Waals surface area (Å²) in [6, 6.07) is -0.448. The molecule has 2 amide bonds. The fourth-order valence-electron chi connectivity index (χ4n) is 0.170. The van der Waals surface area contributed by atoms with E-state index in [9.17, 15) is 4.79 Å². The maximum absolute atomic E-state index is 9.87. The molecule has 3 N–H and O–H groups in total. The van der Waals surface area contributed by atoms with E-state index >= 15 is 0 Å². The van der Waals surface area contributed by atoms with Gasteiger partial charge in [-0.3, -0.25) is 0 Å². The first-order valence-electron chi connectivity index (χ1n) is 1.86. The zero-order valence-electron chi connectivity index (χ0n) is 3.78. The van der Waals surface area contributed by atoms with Gasteiger partial charge in [0.15, 0.2) is 0 Å². The molecule has 0 spiro atoms. The molecule has 0 saturated carbocycles. The number of amides is 2. The van der Waals surface area contributed by atoms with Crippen molar-refractivity contribution in [2.75, 3.05) is 11.0 Å². The monoisotopic (exact) mass is 214 g/mol. The molecule has 0 saturated heterocycles. The molecule has 0 rings (SSSR count). The number of hydrogen-bond acceptors (Lipinski definition) is 1. The Kier molecular flexibility index (Phi) is 4.17. The summed E-state index contributed by atoms with van der Waals surface area (Å²) < 4.78 is 0.903. The van der Waals surface area contributed by atoms with Crippen molar-refractivity contribution in [2.45, 2.75) is 0 Å². The number of urea groups is 1. The van der Waals surface area contributed by atoms with Gasteiger partial charge < -0.3 is 11.1 Å². The topological polar surface area (TPSA) is 55.1 Å². The molecule has 0 aromatic heterocycles. The molecule has 0 radical (unpaired) electrons. The number of alkyl halides is 1. The third-order valence-corrected chi connectivity index (χ3v) is 0.933. The molecule has 7 heavy (non-hydrogen) atoms. The Hall–Kier alpha value is 0. The molecule has 0 bridgehead atoms. The third-order valence-electron chi connectivity index (χ3n) is 0.394. The summed E-state index contributed by atoms with van der Waals surface area (Å²) in [6.45, 7) is 0.663. The van der Waals surface area contributed by atoms with E-state index in [0.717, 1.165) is 4.43 Å². The van der Waals surface area contributed by atoms with Crippen molar-refractivity contribution in [1.82, 2.24) is 5.32 Å². The number of rotatable bonds is 2. The maximum atomic E-state index is 9.87. The number of carbonyl (C=O) groups excluding carboxylic acids is 1. The fraction of sp³-hybridized carbons (Fsp3) is 0.667. The van der Waals surface area contributed by atoms with Gasteiger partial charge in [0.05, 0.1) is 0 Å². The summed E-state index contributed by atoms with van der Waals surface area (Å²) >= 11 is 2.15. The van der Waals surface area contributed by atoms with Crippen molar-refractivity contribution >= 4 is 28.6 Å². The third kappa shape index (κ3) is 6.00. The molecule has 3 nitrogen and oxygen atoms in total. The summed E-state index contributed by atoms with van der Waals surface area (Å²) in [7, 11) is 0. The highest BCUT2D eigenvalue weighted by Gasteiger charge is 1.84.